The number of hydrogen-bond donors (Lipinski definition) is 1. The first kappa shape index (κ1) is 18.5. The average molecular weight is 346 g/mol. The smallest absolute Gasteiger partial charge is 0.261 e. The van der Waals surface area contributed by atoms with Crippen molar-refractivity contribution in [2.45, 2.75) is 51.3 Å². The first-order valence-electron chi connectivity index (χ1n) is 8.54. The van der Waals surface area contributed by atoms with Gasteiger partial charge in [0.1, 0.15) is 0 Å². The summed E-state index contributed by atoms with van der Waals surface area (Å²) in [5.74, 6) is 0.852. The molecule has 0 aliphatic carbocycles. The summed E-state index contributed by atoms with van der Waals surface area (Å²) in [4.78, 5) is 0.300. The van der Waals surface area contributed by atoms with Crippen LogP contribution in [-0.2, 0) is 16.4 Å². The molecule has 1 unspecified atom stereocenters. The van der Waals surface area contributed by atoms with Crippen LogP contribution < -0.4 is 4.72 Å². The van der Waals surface area contributed by atoms with E-state index in [1.165, 1.54) is 0 Å². The molecule has 0 bridgehead atoms. The van der Waals surface area contributed by atoms with E-state index in [1.807, 2.05) is 36.4 Å². The van der Waals surface area contributed by atoms with Crippen LogP contribution >= 0.6 is 0 Å². The molecule has 0 saturated heterocycles. The summed E-state index contributed by atoms with van der Waals surface area (Å²) in [6.45, 7) is 8.51. The van der Waals surface area contributed by atoms with Gasteiger partial charge >= 0.3 is 0 Å². The fourth-order valence-corrected chi connectivity index (χ4v) is 3.81. The summed E-state index contributed by atoms with van der Waals surface area (Å²) in [5.41, 5.74) is 2.85. The minimum Gasteiger partial charge on any atom is -0.279 e. The molecule has 0 saturated carbocycles. The van der Waals surface area contributed by atoms with Crippen LogP contribution in [0.1, 0.15) is 51.2 Å². The van der Waals surface area contributed by atoms with Gasteiger partial charge in [0.05, 0.1) is 10.6 Å². The minimum atomic E-state index is -3.57. The highest BCUT2D eigenvalue weighted by molar-refractivity contribution is 7.92. The van der Waals surface area contributed by atoms with Crippen LogP contribution in [0.2, 0.25) is 0 Å². The molecule has 0 aromatic heterocycles. The monoisotopic (exact) mass is 345 g/mol. The molecule has 2 rings (SSSR count). The summed E-state index contributed by atoms with van der Waals surface area (Å²) < 4.78 is 28.1. The summed E-state index contributed by atoms with van der Waals surface area (Å²) >= 11 is 0. The molecular weight excluding hydrogens is 318 g/mol. The molecule has 4 heteroatoms. The van der Waals surface area contributed by atoms with Crippen molar-refractivity contribution in [3.63, 3.8) is 0 Å². The lowest BCUT2D eigenvalue weighted by molar-refractivity contribution is 0.601. The van der Waals surface area contributed by atoms with Gasteiger partial charge in [0.15, 0.2) is 0 Å². The first-order chi connectivity index (χ1) is 11.3. The second-order valence-corrected chi connectivity index (χ2v) is 8.43. The number of hydrogen-bond acceptors (Lipinski definition) is 2. The van der Waals surface area contributed by atoms with Crippen LogP contribution in [0.5, 0.6) is 0 Å². The maximum absolute atomic E-state index is 12.7. The van der Waals surface area contributed by atoms with Gasteiger partial charge in [0, 0.05) is 0 Å². The maximum Gasteiger partial charge on any atom is 0.261 e. The van der Waals surface area contributed by atoms with Gasteiger partial charge in [0.2, 0.25) is 0 Å². The highest BCUT2D eigenvalue weighted by atomic mass is 32.2. The predicted octanol–water partition coefficient (Wildman–Crippen LogP) is 5.20. The molecule has 0 amide bonds. The van der Waals surface area contributed by atoms with E-state index in [0.717, 1.165) is 24.0 Å². The number of anilines is 1. The lowest BCUT2D eigenvalue weighted by Crippen LogP contribution is -2.15. The molecule has 2 aromatic carbocycles. The topological polar surface area (TPSA) is 46.2 Å². The first-order valence-corrected chi connectivity index (χ1v) is 10.0. The van der Waals surface area contributed by atoms with Gasteiger partial charge in [0.25, 0.3) is 10.0 Å². The Morgan fingerprint density at radius 1 is 0.958 bits per heavy atom. The van der Waals surface area contributed by atoms with Gasteiger partial charge in [-0.15, -0.1) is 0 Å². The van der Waals surface area contributed by atoms with Crippen LogP contribution in [-0.4, -0.2) is 8.42 Å². The third-order valence-corrected chi connectivity index (χ3v) is 5.61. The Morgan fingerprint density at radius 2 is 1.58 bits per heavy atom. The number of sulfonamides is 1. The van der Waals surface area contributed by atoms with Crippen LogP contribution in [0.25, 0.3) is 0 Å². The normalized spacial score (nSPS) is 13.0. The van der Waals surface area contributed by atoms with Gasteiger partial charge in [-0.2, -0.15) is 0 Å². The van der Waals surface area contributed by atoms with Gasteiger partial charge in [-0.1, -0.05) is 58.0 Å². The van der Waals surface area contributed by atoms with Crippen molar-refractivity contribution in [1.82, 2.24) is 0 Å². The molecule has 0 spiro atoms. The number of benzene rings is 2. The highest BCUT2D eigenvalue weighted by Crippen LogP contribution is 2.28. The van der Waals surface area contributed by atoms with E-state index in [2.05, 4.69) is 32.4 Å². The number of rotatable bonds is 7. The van der Waals surface area contributed by atoms with Gasteiger partial charge in [-0.25, -0.2) is 8.42 Å². The predicted molar refractivity (Wildman–Crippen MR) is 101 cm³/mol. The lowest BCUT2D eigenvalue weighted by atomic mass is 9.97. The Balaban J connectivity index is 2.26. The molecule has 0 fully saturated rings. The lowest BCUT2D eigenvalue weighted by Gasteiger charge is -2.16. The zero-order chi connectivity index (χ0) is 17.7. The van der Waals surface area contributed by atoms with Gasteiger partial charge in [-0.05, 0) is 54.0 Å². The van der Waals surface area contributed by atoms with Crippen molar-refractivity contribution in [1.29, 1.82) is 0 Å². The van der Waals surface area contributed by atoms with Gasteiger partial charge < -0.3 is 0 Å². The molecular formula is C20H27NO2S. The Hall–Kier alpha value is -1.81. The number of nitrogens with one attached hydrogen (secondary N) is 1. The van der Waals surface area contributed by atoms with Crippen molar-refractivity contribution >= 4 is 15.7 Å². The minimum absolute atomic E-state index is 0.300. The summed E-state index contributed by atoms with van der Waals surface area (Å²) in [6, 6.07) is 14.8. The third-order valence-electron chi connectivity index (χ3n) is 4.23. The highest BCUT2D eigenvalue weighted by Gasteiger charge is 2.17. The standard InChI is InChI=1S/C20H27NO2S/c1-5-16(4)19-8-6-7-9-20(19)21-24(22,23)18-12-10-17(11-13-18)14-15(2)3/h6-13,15-16,21H,5,14H2,1-4H3. The third kappa shape index (κ3) is 4.60. The van der Waals surface area contributed by atoms with E-state index in [4.69, 9.17) is 0 Å². The molecule has 0 aliphatic rings. The maximum atomic E-state index is 12.7. The molecule has 1 atom stereocenters. The Bertz CT molecular complexity index is 764. The zero-order valence-corrected chi connectivity index (χ0v) is 15.7. The SMILES string of the molecule is CCC(C)c1ccccc1NS(=O)(=O)c1ccc(CC(C)C)cc1. The van der Waals surface area contributed by atoms with Gasteiger partial charge in [-0.3, -0.25) is 4.72 Å². The van der Waals surface area contributed by atoms with E-state index in [1.54, 1.807) is 12.1 Å². The fourth-order valence-electron chi connectivity index (χ4n) is 2.72. The van der Waals surface area contributed by atoms with E-state index in [-0.39, 0.29) is 0 Å². The molecule has 0 aliphatic heterocycles. The molecule has 24 heavy (non-hydrogen) atoms. The zero-order valence-electron chi connectivity index (χ0n) is 14.9. The van der Waals surface area contributed by atoms with Crippen LogP contribution in [0.4, 0.5) is 5.69 Å². The molecule has 3 nitrogen and oxygen atoms in total. The largest absolute Gasteiger partial charge is 0.279 e. The molecule has 1 N–H and O–H groups in total. The molecule has 130 valence electrons. The van der Waals surface area contributed by atoms with Crippen molar-refractivity contribution in [2.75, 3.05) is 4.72 Å². The molecule has 0 heterocycles. The average Bonchev–Trinajstić information content (AvgIpc) is 2.54. The summed E-state index contributed by atoms with van der Waals surface area (Å²) in [6.07, 6.45) is 1.91. The van der Waals surface area contributed by atoms with Crippen LogP contribution in [0.15, 0.2) is 53.4 Å². The van der Waals surface area contributed by atoms with Crippen molar-refractivity contribution < 1.29 is 8.42 Å². The summed E-state index contributed by atoms with van der Waals surface area (Å²) in [7, 11) is -3.57. The second kappa shape index (κ2) is 7.84. The van der Waals surface area contributed by atoms with Crippen LogP contribution in [0, 0.1) is 5.92 Å². The van der Waals surface area contributed by atoms with E-state index in [0.29, 0.717) is 22.4 Å². The molecule has 0 radical (unpaired) electrons. The van der Waals surface area contributed by atoms with Crippen molar-refractivity contribution in [3.8, 4) is 0 Å². The van der Waals surface area contributed by atoms with E-state index < -0.39 is 10.0 Å². The number of para-hydroxylation sites is 1. The Labute approximate surface area is 146 Å². The molecule has 2 aromatic rings. The Morgan fingerprint density at radius 3 is 2.17 bits per heavy atom. The fraction of sp³-hybridized carbons (Fsp3) is 0.400. The van der Waals surface area contributed by atoms with Crippen LogP contribution in [0.3, 0.4) is 0 Å². The Kier molecular flexibility index (Phi) is 6.05. The van der Waals surface area contributed by atoms with E-state index >= 15 is 0 Å². The quantitative estimate of drug-likeness (QED) is 0.749. The van der Waals surface area contributed by atoms with E-state index in [9.17, 15) is 8.42 Å². The van der Waals surface area contributed by atoms with Crippen molar-refractivity contribution in [3.05, 3.63) is 59.7 Å². The second-order valence-electron chi connectivity index (χ2n) is 6.74. The summed E-state index contributed by atoms with van der Waals surface area (Å²) in [5, 5.41) is 0. The van der Waals surface area contributed by atoms with Crippen molar-refractivity contribution in [2.24, 2.45) is 5.92 Å².